The fourth-order valence-corrected chi connectivity index (χ4v) is 1.16. The molecule has 0 fully saturated rings. The molecule has 0 aliphatic heterocycles. The number of halogens is 1. The minimum atomic E-state index is -0.964. The highest BCUT2D eigenvalue weighted by Crippen LogP contribution is 2.01. The lowest BCUT2D eigenvalue weighted by atomic mass is 10.1. The number of esters is 1. The molecule has 0 aliphatic carbocycles. The van der Waals surface area contributed by atoms with Crippen molar-refractivity contribution in [1.82, 2.24) is 0 Å². The summed E-state index contributed by atoms with van der Waals surface area (Å²) in [6, 6.07) is 0. The standard InChI is InChI=1S/C8H14O3.C6H9ClO2/c1-4-11-8(10)7(9)5-6(2)3;1-4(2)3-5(8)6(7)9/h6H,4-5H2,1-3H3;4H,3H2,1-2H3/i4T;. The van der Waals surface area contributed by atoms with Crippen LogP contribution in [-0.4, -0.2) is 29.4 Å². The third kappa shape index (κ3) is 13.2. The third-order valence-electron chi connectivity index (χ3n) is 1.86. The topological polar surface area (TPSA) is 77.5 Å². The predicted molar refractivity (Wildman–Crippen MR) is 76.4 cm³/mol. The second-order valence-electron chi connectivity index (χ2n) is 4.96. The van der Waals surface area contributed by atoms with Crippen molar-refractivity contribution in [2.45, 2.75) is 47.5 Å². The normalized spacial score (nSPS) is 12.1. The van der Waals surface area contributed by atoms with Gasteiger partial charge < -0.3 is 4.74 Å². The van der Waals surface area contributed by atoms with Crippen molar-refractivity contribution in [3.63, 3.8) is 0 Å². The maximum atomic E-state index is 10.9. The molecule has 0 saturated carbocycles. The molecule has 1 unspecified atom stereocenters. The van der Waals surface area contributed by atoms with E-state index >= 15 is 0 Å². The SMILES string of the molecule is CC(C)CC(=O)C(=O)Cl.[3H]C(C)OC(=O)C(=O)CC(C)C. The summed E-state index contributed by atoms with van der Waals surface area (Å²) in [6.45, 7) is 7.83. The monoisotopic (exact) mass is 308 g/mol. The zero-order valence-electron chi connectivity index (χ0n) is 13.6. The molecule has 0 aliphatic rings. The Labute approximate surface area is 126 Å². The first-order valence-corrected chi connectivity index (χ1v) is 6.73. The lowest BCUT2D eigenvalue weighted by Crippen LogP contribution is -2.18. The van der Waals surface area contributed by atoms with E-state index in [-0.39, 0.29) is 24.7 Å². The van der Waals surface area contributed by atoms with Crippen LogP contribution in [0.3, 0.4) is 0 Å². The number of ether oxygens (including phenoxy) is 1. The average Bonchev–Trinajstić information content (AvgIpc) is 2.26. The van der Waals surface area contributed by atoms with Crippen LogP contribution in [0.2, 0.25) is 0 Å². The van der Waals surface area contributed by atoms with E-state index < -0.39 is 29.4 Å². The zero-order valence-corrected chi connectivity index (χ0v) is 13.3. The lowest BCUT2D eigenvalue weighted by Gasteiger charge is -2.02. The summed E-state index contributed by atoms with van der Waals surface area (Å²) in [4.78, 5) is 42.3. The molecule has 116 valence electrons. The Morgan fingerprint density at radius 2 is 1.40 bits per heavy atom. The Hall–Kier alpha value is -1.23. The molecule has 0 saturated heterocycles. The Kier molecular flexibility index (Phi) is 10.9. The highest BCUT2D eigenvalue weighted by molar-refractivity contribution is 6.81. The molecule has 0 aromatic heterocycles. The van der Waals surface area contributed by atoms with Gasteiger partial charge in [-0.2, -0.15) is 0 Å². The fraction of sp³-hybridized carbons (Fsp3) is 0.714. The van der Waals surface area contributed by atoms with E-state index in [0.29, 0.717) is 0 Å². The van der Waals surface area contributed by atoms with Crippen LogP contribution >= 0.6 is 11.6 Å². The van der Waals surface area contributed by atoms with Gasteiger partial charge in [0.1, 0.15) is 0 Å². The number of carbonyl (C=O) groups is 4. The van der Waals surface area contributed by atoms with Crippen LogP contribution in [0, 0.1) is 11.8 Å². The number of hydrogen-bond acceptors (Lipinski definition) is 5. The van der Waals surface area contributed by atoms with Gasteiger partial charge in [-0.25, -0.2) is 4.79 Å². The van der Waals surface area contributed by atoms with E-state index in [0.717, 1.165) is 0 Å². The second kappa shape index (κ2) is 11.6. The summed E-state index contributed by atoms with van der Waals surface area (Å²) < 4.78 is 11.3. The first kappa shape index (κ1) is 18.8. The van der Waals surface area contributed by atoms with Crippen LogP contribution in [0.5, 0.6) is 0 Å². The summed E-state index contributed by atoms with van der Waals surface area (Å²) in [6.07, 6.45) is 0.438. The molecule has 0 heterocycles. The minimum Gasteiger partial charge on any atom is -0.460 e. The fourth-order valence-electron chi connectivity index (χ4n) is 1.08. The van der Waals surface area contributed by atoms with Crippen LogP contribution in [-0.2, 0) is 23.9 Å². The first-order valence-electron chi connectivity index (χ1n) is 6.93. The van der Waals surface area contributed by atoms with E-state index in [1.807, 2.05) is 27.7 Å². The minimum absolute atomic E-state index is 0.145. The molecule has 0 radical (unpaired) electrons. The second-order valence-corrected chi connectivity index (χ2v) is 5.30. The van der Waals surface area contributed by atoms with Crippen molar-refractivity contribution >= 4 is 34.4 Å². The molecule has 0 aromatic rings. The van der Waals surface area contributed by atoms with Crippen molar-refractivity contribution in [1.29, 1.82) is 0 Å². The number of rotatable bonds is 7. The molecule has 0 amide bonds. The van der Waals surface area contributed by atoms with Crippen LogP contribution in [0.4, 0.5) is 0 Å². The van der Waals surface area contributed by atoms with Crippen molar-refractivity contribution in [2.24, 2.45) is 11.8 Å². The summed E-state index contributed by atoms with van der Waals surface area (Å²) in [5.74, 6) is -1.59. The Balaban J connectivity index is 0. The largest absolute Gasteiger partial charge is 0.460 e. The molecule has 0 rings (SSSR count). The quantitative estimate of drug-likeness (QED) is 0.410. The number of Topliss-reactive ketones (excluding diaryl/α,β-unsaturated/α-hetero) is 2. The van der Waals surface area contributed by atoms with E-state index in [1.165, 1.54) is 6.92 Å². The van der Waals surface area contributed by atoms with Gasteiger partial charge in [0.2, 0.25) is 11.6 Å². The lowest BCUT2D eigenvalue weighted by molar-refractivity contribution is -0.153. The molecule has 0 spiro atoms. The molecular formula is C14H23ClO5. The molecule has 0 bridgehead atoms. The van der Waals surface area contributed by atoms with E-state index in [4.69, 9.17) is 13.0 Å². The molecular weight excluding hydrogens is 284 g/mol. The number of carbonyl (C=O) groups excluding carboxylic acids is 4. The maximum Gasteiger partial charge on any atom is 0.374 e. The maximum absolute atomic E-state index is 10.9. The van der Waals surface area contributed by atoms with Crippen LogP contribution in [0.25, 0.3) is 0 Å². The smallest absolute Gasteiger partial charge is 0.374 e. The number of ketones is 2. The molecule has 6 heteroatoms. The van der Waals surface area contributed by atoms with Crippen LogP contribution in [0.1, 0.15) is 48.8 Å². The molecule has 1 atom stereocenters. The van der Waals surface area contributed by atoms with Gasteiger partial charge in [0.15, 0.2) is 0 Å². The third-order valence-corrected chi connectivity index (χ3v) is 2.07. The summed E-state index contributed by atoms with van der Waals surface area (Å²) in [5, 5.41) is -0.858. The van der Waals surface area contributed by atoms with Crippen LogP contribution < -0.4 is 0 Å². The molecule has 0 N–H and O–H groups in total. The van der Waals surface area contributed by atoms with Crippen molar-refractivity contribution in [3.05, 3.63) is 0 Å². The first-order chi connectivity index (χ1) is 9.47. The molecule has 5 nitrogen and oxygen atoms in total. The summed E-state index contributed by atoms with van der Waals surface area (Å²) in [5.41, 5.74) is 0. The Morgan fingerprint density at radius 1 is 1.00 bits per heavy atom. The van der Waals surface area contributed by atoms with Gasteiger partial charge >= 0.3 is 5.97 Å². The Morgan fingerprint density at radius 3 is 1.65 bits per heavy atom. The summed E-state index contributed by atoms with van der Waals surface area (Å²) in [7, 11) is 0. The van der Waals surface area contributed by atoms with Crippen molar-refractivity contribution in [3.8, 4) is 0 Å². The highest BCUT2D eigenvalue weighted by Gasteiger charge is 2.15. The van der Waals surface area contributed by atoms with Gasteiger partial charge in [-0.3, -0.25) is 14.4 Å². The van der Waals surface area contributed by atoms with Crippen LogP contribution in [0.15, 0.2) is 0 Å². The van der Waals surface area contributed by atoms with E-state index in [2.05, 4.69) is 4.74 Å². The molecule has 0 aromatic carbocycles. The highest BCUT2D eigenvalue weighted by atomic mass is 35.5. The van der Waals surface area contributed by atoms with E-state index in [1.54, 1.807) is 0 Å². The van der Waals surface area contributed by atoms with Crippen molar-refractivity contribution in [2.75, 3.05) is 6.58 Å². The van der Waals surface area contributed by atoms with Gasteiger partial charge in [0.25, 0.3) is 5.24 Å². The average molecular weight is 309 g/mol. The number of hydrogen-bond donors (Lipinski definition) is 0. The zero-order chi connectivity index (χ0) is 17.2. The van der Waals surface area contributed by atoms with Gasteiger partial charge in [-0.05, 0) is 30.4 Å². The van der Waals surface area contributed by atoms with Gasteiger partial charge in [-0.15, -0.1) is 0 Å². The molecule has 20 heavy (non-hydrogen) atoms. The van der Waals surface area contributed by atoms with E-state index in [9.17, 15) is 19.2 Å². The summed E-state index contributed by atoms with van der Waals surface area (Å²) >= 11 is 4.88. The van der Waals surface area contributed by atoms with Crippen molar-refractivity contribution < 1.29 is 25.3 Å². The predicted octanol–water partition coefficient (Wildman–Crippen LogP) is 2.53. The van der Waals surface area contributed by atoms with Gasteiger partial charge in [0, 0.05) is 12.8 Å². The Bertz CT molecular complexity index is 358. The van der Waals surface area contributed by atoms with Gasteiger partial charge in [-0.1, -0.05) is 27.7 Å². The van der Waals surface area contributed by atoms with Gasteiger partial charge in [0.05, 0.1) is 7.95 Å².